The van der Waals surface area contributed by atoms with Crippen molar-refractivity contribution in [3.63, 3.8) is 0 Å². The lowest BCUT2D eigenvalue weighted by Crippen LogP contribution is -2.41. The van der Waals surface area contributed by atoms with Crippen molar-refractivity contribution >= 4 is 24.8 Å². The van der Waals surface area contributed by atoms with E-state index in [0.717, 1.165) is 38.1 Å². The molecule has 2 atom stereocenters. The highest BCUT2D eigenvalue weighted by molar-refractivity contribution is 5.85. The van der Waals surface area contributed by atoms with Gasteiger partial charge in [0.25, 0.3) is 0 Å². The molecule has 3 heterocycles. The maximum Gasteiger partial charge on any atom is 0.0594 e. The number of likely N-dealkylation sites (tertiary alicyclic amines) is 1. The lowest BCUT2D eigenvalue weighted by atomic mass is 10.0. The maximum absolute atomic E-state index is 5.37. The number of fused-ring (bicyclic) bond motifs is 1. The Labute approximate surface area is 122 Å². The van der Waals surface area contributed by atoms with Crippen molar-refractivity contribution in [2.75, 3.05) is 65.6 Å². The van der Waals surface area contributed by atoms with Crippen molar-refractivity contribution in [1.29, 1.82) is 0 Å². The Morgan fingerprint density at radius 3 is 2.06 bits per heavy atom. The fraction of sp³-hybridized carbons (Fsp3) is 1.00. The van der Waals surface area contributed by atoms with Crippen molar-refractivity contribution in [3.05, 3.63) is 0 Å². The van der Waals surface area contributed by atoms with E-state index in [2.05, 4.69) is 15.1 Å². The van der Waals surface area contributed by atoms with Crippen LogP contribution in [0, 0.1) is 11.8 Å². The summed E-state index contributed by atoms with van der Waals surface area (Å²) < 4.78 is 5.37. The molecular weight excluding hydrogens is 273 g/mol. The van der Waals surface area contributed by atoms with E-state index in [1.165, 1.54) is 39.3 Å². The summed E-state index contributed by atoms with van der Waals surface area (Å²) in [5, 5.41) is 3.50. The van der Waals surface area contributed by atoms with Crippen LogP contribution >= 0.6 is 24.8 Å². The summed E-state index contributed by atoms with van der Waals surface area (Å²) in [5.41, 5.74) is 0. The number of hydrogen-bond donors (Lipinski definition) is 1. The van der Waals surface area contributed by atoms with Gasteiger partial charge in [-0.3, -0.25) is 4.90 Å². The summed E-state index contributed by atoms with van der Waals surface area (Å²) in [5.74, 6) is 1.87. The molecule has 3 rings (SSSR count). The third-order valence-corrected chi connectivity index (χ3v) is 4.30. The molecular formula is C12H25Cl2N3O. The van der Waals surface area contributed by atoms with Crippen LogP contribution in [0.25, 0.3) is 0 Å². The lowest BCUT2D eigenvalue weighted by molar-refractivity contribution is 0.0341. The normalized spacial score (nSPS) is 32.7. The molecule has 108 valence electrons. The molecule has 3 aliphatic heterocycles. The fourth-order valence-corrected chi connectivity index (χ4v) is 3.24. The minimum absolute atomic E-state index is 0. The molecule has 6 heteroatoms. The first-order valence-corrected chi connectivity index (χ1v) is 6.65. The van der Waals surface area contributed by atoms with Gasteiger partial charge < -0.3 is 15.0 Å². The van der Waals surface area contributed by atoms with Gasteiger partial charge in [-0.25, -0.2) is 0 Å². The molecule has 3 aliphatic rings. The van der Waals surface area contributed by atoms with Crippen LogP contribution in [0.3, 0.4) is 0 Å². The molecule has 0 spiro atoms. The van der Waals surface area contributed by atoms with Crippen LogP contribution < -0.4 is 5.32 Å². The van der Waals surface area contributed by atoms with Gasteiger partial charge >= 0.3 is 0 Å². The topological polar surface area (TPSA) is 27.7 Å². The van der Waals surface area contributed by atoms with Crippen LogP contribution in [0.2, 0.25) is 0 Å². The van der Waals surface area contributed by atoms with Gasteiger partial charge in [-0.05, 0) is 24.9 Å². The van der Waals surface area contributed by atoms with E-state index < -0.39 is 0 Å². The van der Waals surface area contributed by atoms with Gasteiger partial charge in [-0.1, -0.05) is 0 Å². The summed E-state index contributed by atoms with van der Waals surface area (Å²) in [6.45, 7) is 11.7. The van der Waals surface area contributed by atoms with Crippen molar-refractivity contribution in [2.45, 2.75) is 0 Å². The highest BCUT2D eigenvalue weighted by Crippen LogP contribution is 2.25. The molecule has 0 bridgehead atoms. The van der Waals surface area contributed by atoms with Crippen LogP contribution in [0.4, 0.5) is 0 Å². The first kappa shape index (κ1) is 16.5. The number of ether oxygens (including phenoxy) is 1. The number of rotatable bonds is 3. The molecule has 0 aliphatic carbocycles. The Morgan fingerprint density at radius 1 is 0.889 bits per heavy atom. The second-order valence-corrected chi connectivity index (χ2v) is 5.39. The Hall–Kier alpha value is 0.420. The summed E-state index contributed by atoms with van der Waals surface area (Å²) in [6.07, 6.45) is 0. The number of morpholine rings is 1. The Bertz CT molecular complexity index is 227. The van der Waals surface area contributed by atoms with Crippen LogP contribution in [0.15, 0.2) is 0 Å². The predicted molar refractivity (Wildman–Crippen MR) is 78.0 cm³/mol. The smallest absolute Gasteiger partial charge is 0.0594 e. The standard InChI is InChI=1S/C12H23N3O.2ClH/c1(14-3-5-16-6-4-14)2-15-9-11-7-13-8-12(11)10-15;;/h11-13H,1-10H2;2*1H/t11-,12+;;. The summed E-state index contributed by atoms with van der Waals surface area (Å²) in [7, 11) is 0. The van der Waals surface area contributed by atoms with E-state index >= 15 is 0 Å². The van der Waals surface area contributed by atoms with Gasteiger partial charge in [0.05, 0.1) is 13.2 Å². The second-order valence-electron chi connectivity index (χ2n) is 5.39. The zero-order valence-electron chi connectivity index (χ0n) is 10.8. The van der Waals surface area contributed by atoms with Crippen LogP contribution in [-0.4, -0.2) is 75.4 Å². The van der Waals surface area contributed by atoms with E-state index in [9.17, 15) is 0 Å². The molecule has 1 N–H and O–H groups in total. The van der Waals surface area contributed by atoms with Gasteiger partial charge in [0, 0.05) is 39.3 Å². The molecule has 0 radical (unpaired) electrons. The zero-order chi connectivity index (χ0) is 10.8. The molecule has 0 amide bonds. The SMILES string of the molecule is C1CN(CCN2C[C@H]3CNC[C@H]3C2)CCO1.Cl.Cl. The molecule has 0 aromatic heterocycles. The third-order valence-electron chi connectivity index (χ3n) is 4.30. The number of hydrogen-bond acceptors (Lipinski definition) is 4. The number of nitrogens with zero attached hydrogens (tertiary/aromatic N) is 2. The van der Waals surface area contributed by atoms with Gasteiger partial charge in [0.1, 0.15) is 0 Å². The largest absolute Gasteiger partial charge is 0.379 e. The Kier molecular flexibility index (Phi) is 7.21. The quantitative estimate of drug-likeness (QED) is 0.812. The van der Waals surface area contributed by atoms with E-state index in [1.807, 2.05) is 0 Å². The van der Waals surface area contributed by atoms with Crippen molar-refractivity contribution < 1.29 is 4.74 Å². The first-order valence-electron chi connectivity index (χ1n) is 6.65. The molecule has 0 aromatic carbocycles. The third kappa shape index (κ3) is 3.95. The highest BCUT2D eigenvalue weighted by Gasteiger charge is 2.35. The zero-order valence-corrected chi connectivity index (χ0v) is 12.5. The van der Waals surface area contributed by atoms with E-state index in [4.69, 9.17) is 4.74 Å². The van der Waals surface area contributed by atoms with Crippen molar-refractivity contribution in [3.8, 4) is 0 Å². The van der Waals surface area contributed by atoms with E-state index in [-0.39, 0.29) is 24.8 Å². The van der Waals surface area contributed by atoms with Crippen molar-refractivity contribution in [2.24, 2.45) is 11.8 Å². The van der Waals surface area contributed by atoms with Crippen LogP contribution in [0.5, 0.6) is 0 Å². The fourth-order valence-electron chi connectivity index (χ4n) is 3.24. The summed E-state index contributed by atoms with van der Waals surface area (Å²) in [4.78, 5) is 5.20. The average molecular weight is 298 g/mol. The molecule has 0 saturated carbocycles. The monoisotopic (exact) mass is 297 g/mol. The first-order chi connectivity index (χ1) is 7.92. The minimum atomic E-state index is 0. The molecule has 0 aromatic rings. The molecule has 4 nitrogen and oxygen atoms in total. The van der Waals surface area contributed by atoms with Gasteiger partial charge in [-0.2, -0.15) is 0 Å². The van der Waals surface area contributed by atoms with Crippen LogP contribution in [0.1, 0.15) is 0 Å². The molecule has 3 fully saturated rings. The predicted octanol–water partition coefficient (Wildman–Crippen LogP) is 0.313. The molecule has 0 unspecified atom stereocenters. The number of nitrogens with one attached hydrogen (secondary N) is 1. The maximum atomic E-state index is 5.37. The molecule has 18 heavy (non-hydrogen) atoms. The van der Waals surface area contributed by atoms with Gasteiger partial charge in [0.15, 0.2) is 0 Å². The highest BCUT2D eigenvalue weighted by atomic mass is 35.5. The van der Waals surface area contributed by atoms with Crippen molar-refractivity contribution in [1.82, 2.24) is 15.1 Å². The average Bonchev–Trinajstić information content (AvgIpc) is 2.88. The molecule has 3 saturated heterocycles. The Balaban J connectivity index is 0.000000810. The summed E-state index contributed by atoms with van der Waals surface area (Å²) >= 11 is 0. The van der Waals surface area contributed by atoms with Gasteiger partial charge in [0.2, 0.25) is 0 Å². The minimum Gasteiger partial charge on any atom is -0.379 e. The van der Waals surface area contributed by atoms with Gasteiger partial charge in [-0.15, -0.1) is 24.8 Å². The van der Waals surface area contributed by atoms with Crippen LogP contribution in [-0.2, 0) is 4.74 Å². The summed E-state index contributed by atoms with van der Waals surface area (Å²) in [6, 6.07) is 0. The number of halogens is 2. The lowest BCUT2D eigenvalue weighted by Gasteiger charge is -2.28. The van der Waals surface area contributed by atoms with E-state index in [1.54, 1.807) is 0 Å². The van der Waals surface area contributed by atoms with E-state index in [0.29, 0.717) is 0 Å². The Morgan fingerprint density at radius 2 is 1.44 bits per heavy atom. The second kappa shape index (κ2) is 7.88.